The molecule has 15 heavy (non-hydrogen) atoms. The third kappa shape index (κ3) is 3.32. The smallest absolute Gasteiger partial charge is 0.167 e. The van der Waals surface area contributed by atoms with Crippen molar-refractivity contribution in [3.05, 3.63) is 23.1 Å². The number of hydrogen-bond acceptors (Lipinski definition) is 3. The molecule has 0 radical (unpaired) electrons. The standard InChI is InChI=1S/C10H14ClFN2O/c1-3-14(4-5-15-2)10-9(12)6-8(11)7-13-10/h6-7H,3-5H2,1-2H3. The van der Waals surface area contributed by atoms with Gasteiger partial charge in [0.05, 0.1) is 11.6 Å². The van der Waals surface area contributed by atoms with Crippen LogP contribution in [0.2, 0.25) is 5.02 Å². The number of hydrogen-bond donors (Lipinski definition) is 0. The molecular formula is C10H14ClFN2O. The summed E-state index contributed by atoms with van der Waals surface area (Å²) in [6, 6.07) is 1.26. The van der Waals surface area contributed by atoms with Gasteiger partial charge in [-0.15, -0.1) is 0 Å². The average molecular weight is 233 g/mol. The van der Waals surface area contributed by atoms with E-state index in [2.05, 4.69) is 4.98 Å². The Kier molecular flexibility index (Phi) is 4.78. The molecule has 84 valence electrons. The molecular weight excluding hydrogens is 219 g/mol. The van der Waals surface area contributed by atoms with Gasteiger partial charge in [0, 0.05) is 26.4 Å². The van der Waals surface area contributed by atoms with Gasteiger partial charge in [0.2, 0.25) is 0 Å². The third-order valence-corrected chi connectivity index (χ3v) is 2.24. The van der Waals surface area contributed by atoms with Crippen molar-refractivity contribution in [2.45, 2.75) is 6.92 Å². The predicted molar refractivity (Wildman–Crippen MR) is 59.0 cm³/mol. The highest BCUT2D eigenvalue weighted by molar-refractivity contribution is 6.30. The molecule has 5 heteroatoms. The Bertz CT molecular complexity index is 322. The van der Waals surface area contributed by atoms with Gasteiger partial charge in [-0.25, -0.2) is 9.37 Å². The van der Waals surface area contributed by atoms with E-state index in [9.17, 15) is 4.39 Å². The van der Waals surface area contributed by atoms with E-state index in [1.807, 2.05) is 6.92 Å². The molecule has 0 aromatic carbocycles. The van der Waals surface area contributed by atoms with Crippen LogP contribution in [0, 0.1) is 5.82 Å². The number of likely N-dealkylation sites (N-methyl/N-ethyl adjacent to an activating group) is 1. The lowest BCUT2D eigenvalue weighted by Crippen LogP contribution is -2.28. The van der Waals surface area contributed by atoms with Crippen molar-refractivity contribution < 1.29 is 9.13 Å². The molecule has 1 heterocycles. The lowest BCUT2D eigenvalue weighted by atomic mass is 10.4. The van der Waals surface area contributed by atoms with Crippen LogP contribution in [0.5, 0.6) is 0 Å². The van der Waals surface area contributed by atoms with Gasteiger partial charge in [-0.2, -0.15) is 0 Å². The second kappa shape index (κ2) is 5.88. The normalized spacial score (nSPS) is 10.4. The third-order valence-electron chi connectivity index (χ3n) is 2.03. The van der Waals surface area contributed by atoms with Gasteiger partial charge in [0.25, 0.3) is 0 Å². The summed E-state index contributed by atoms with van der Waals surface area (Å²) < 4.78 is 18.4. The van der Waals surface area contributed by atoms with E-state index in [-0.39, 0.29) is 0 Å². The fourth-order valence-electron chi connectivity index (χ4n) is 1.26. The van der Waals surface area contributed by atoms with Crippen LogP contribution in [0.25, 0.3) is 0 Å². The Morgan fingerprint density at radius 1 is 1.60 bits per heavy atom. The molecule has 3 nitrogen and oxygen atoms in total. The van der Waals surface area contributed by atoms with Crippen LogP contribution in [0.4, 0.5) is 10.2 Å². The molecule has 1 aromatic heterocycles. The number of halogens is 2. The Balaban J connectivity index is 2.81. The molecule has 0 aliphatic carbocycles. The van der Waals surface area contributed by atoms with E-state index in [0.29, 0.717) is 30.5 Å². The summed E-state index contributed by atoms with van der Waals surface area (Å²) in [6.45, 7) is 3.76. The number of aromatic nitrogens is 1. The first-order valence-corrected chi connectivity index (χ1v) is 5.11. The maximum atomic E-state index is 13.5. The van der Waals surface area contributed by atoms with E-state index in [1.54, 1.807) is 12.0 Å². The minimum atomic E-state index is -0.402. The van der Waals surface area contributed by atoms with Crippen molar-refractivity contribution in [2.24, 2.45) is 0 Å². The van der Waals surface area contributed by atoms with E-state index < -0.39 is 5.82 Å². The molecule has 0 saturated heterocycles. The molecule has 0 bridgehead atoms. The highest BCUT2D eigenvalue weighted by atomic mass is 35.5. The van der Waals surface area contributed by atoms with Crippen molar-refractivity contribution in [3.63, 3.8) is 0 Å². The number of pyridine rings is 1. The predicted octanol–water partition coefficient (Wildman–Crippen LogP) is 2.35. The lowest BCUT2D eigenvalue weighted by molar-refractivity contribution is 0.205. The minimum absolute atomic E-state index is 0.305. The molecule has 1 aromatic rings. The monoisotopic (exact) mass is 232 g/mol. The maximum absolute atomic E-state index is 13.5. The summed E-state index contributed by atoms with van der Waals surface area (Å²) in [5.74, 6) is -0.0839. The second-order valence-electron chi connectivity index (χ2n) is 3.03. The number of ether oxygens (including phenoxy) is 1. The molecule has 0 fully saturated rings. The summed E-state index contributed by atoms with van der Waals surface area (Å²) in [4.78, 5) is 5.77. The van der Waals surface area contributed by atoms with Crippen molar-refractivity contribution in [1.82, 2.24) is 4.98 Å². The van der Waals surface area contributed by atoms with Crippen molar-refractivity contribution in [1.29, 1.82) is 0 Å². The highest BCUT2D eigenvalue weighted by Crippen LogP contribution is 2.19. The van der Waals surface area contributed by atoms with E-state index in [0.717, 1.165) is 0 Å². The van der Waals surface area contributed by atoms with Crippen molar-refractivity contribution in [3.8, 4) is 0 Å². The number of nitrogens with zero attached hydrogens (tertiary/aromatic N) is 2. The zero-order chi connectivity index (χ0) is 11.3. The minimum Gasteiger partial charge on any atom is -0.383 e. The van der Waals surface area contributed by atoms with E-state index >= 15 is 0 Å². The zero-order valence-electron chi connectivity index (χ0n) is 8.83. The molecule has 0 aliphatic heterocycles. The molecule has 0 N–H and O–H groups in total. The average Bonchev–Trinajstić information content (AvgIpc) is 2.21. The Morgan fingerprint density at radius 2 is 2.33 bits per heavy atom. The summed E-state index contributed by atoms with van der Waals surface area (Å²) in [7, 11) is 1.61. The first-order valence-electron chi connectivity index (χ1n) is 4.74. The largest absolute Gasteiger partial charge is 0.383 e. The lowest BCUT2D eigenvalue weighted by Gasteiger charge is -2.21. The fraction of sp³-hybridized carbons (Fsp3) is 0.500. The Morgan fingerprint density at radius 3 is 2.87 bits per heavy atom. The van der Waals surface area contributed by atoms with Crippen LogP contribution in [0.3, 0.4) is 0 Å². The SMILES string of the molecule is CCN(CCOC)c1ncc(Cl)cc1F. The summed E-state index contributed by atoms with van der Waals surface area (Å²) in [5.41, 5.74) is 0. The van der Waals surface area contributed by atoms with Crippen molar-refractivity contribution >= 4 is 17.4 Å². The van der Waals surface area contributed by atoms with E-state index in [1.165, 1.54) is 12.3 Å². The number of rotatable bonds is 5. The summed E-state index contributed by atoms with van der Waals surface area (Å²) in [6.07, 6.45) is 1.44. The van der Waals surface area contributed by atoms with Gasteiger partial charge < -0.3 is 9.64 Å². The number of anilines is 1. The highest BCUT2D eigenvalue weighted by Gasteiger charge is 2.11. The van der Waals surface area contributed by atoms with Crippen LogP contribution < -0.4 is 4.90 Å². The van der Waals surface area contributed by atoms with Gasteiger partial charge in [0.1, 0.15) is 0 Å². The van der Waals surface area contributed by atoms with Crippen LogP contribution in [0.1, 0.15) is 6.92 Å². The first kappa shape index (κ1) is 12.2. The van der Waals surface area contributed by atoms with Gasteiger partial charge >= 0.3 is 0 Å². The van der Waals surface area contributed by atoms with Crippen molar-refractivity contribution in [2.75, 3.05) is 31.7 Å². The molecule has 0 aliphatic rings. The molecule has 0 atom stereocenters. The van der Waals surface area contributed by atoms with Gasteiger partial charge in [-0.1, -0.05) is 11.6 Å². The summed E-state index contributed by atoms with van der Waals surface area (Å²) in [5, 5.41) is 0.305. The second-order valence-corrected chi connectivity index (χ2v) is 3.47. The Labute approximate surface area is 93.8 Å². The van der Waals surface area contributed by atoms with Gasteiger partial charge in [-0.05, 0) is 13.0 Å². The van der Waals surface area contributed by atoms with Crippen LogP contribution in [-0.2, 0) is 4.74 Å². The van der Waals surface area contributed by atoms with E-state index in [4.69, 9.17) is 16.3 Å². The molecule has 0 amide bonds. The number of methoxy groups -OCH3 is 1. The van der Waals surface area contributed by atoms with Crippen LogP contribution in [-0.4, -0.2) is 31.8 Å². The topological polar surface area (TPSA) is 25.4 Å². The molecule has 0 spiro atoms. The molecule has 0 unspecified atom stereocenters. The molecule has 0 saturated carbocycles. The first-order chi connectivity index (χ1) is 7.19. The molecule has 1 rings (SSSR count). The zero-order valence-corrected chi connectivity index (χ0v) is 9.59. The quantitative estimate of drug-likeness (QED) is 0.779. The maximum Gasteiger partial charge on any atom is 0.167 e. The fourth-order valence-corrected chi connectivity index (χ4v) is 1.40. The van der Waals surface area contributed by atoms with Crippen LogP contribution in [0.15, 0.2) is 12.3 Å². The Hall–Kier alpha value is -0.870. The van der Waals surface area contributed by atoms with Gasteiger partial charge in [-0.3, -0.25) is 0 Å². The summed E-state index contributed by atoms with van der Waals surface area (Å²) >= 11 is 5.62. The van der Waals surface area contributed by atoms with Crippen LogP contribution >= 0.6 is 11.6 Å². The van der Waals surface area contributed by atoms with Gasteiger partial charge in [0.15, 0.2) is 11.6 Å².